The maximum atomic E-state index is 12.1. The molecule has 0 saturated carbocycles. The number of rotatable bonds is 7. The number of nitrogens with zero attached hydrogens (tertiary/aromatic N) is 1. The van der Waals surface area contributed by atoms with Gasteiger partial charge in [0.1, 0.15) is 11.9 Å². The van der Waals surface area contributed by atoms with Gasteiger partial charge < -0.3 is 19.6 Å². The lowest BCUT2D eigenvalue weighted by atomic mass is 10.2. The first kappa shape index (κ1) is 15.9. The quantitative estimate of drug-likeness (QED) is 0.814. The average Bonchev–Trinajstić information content (AvgIpc) is 3.05. The zero-order valence-electron chi connectivity index (χ0n) is 11.4. The molecule has 1 amide bonds. The van der Waals surface area contributed by atoms with E-state index in [1.54, 1.807) is 12.1 Å². The Bertz CT molecular complexity index is 605. The molecular weight excluding hydrogens is 298 g/mol. The van der Waals surface area contributed by atoms with Crippen LogP contribution in [0.25, 0.3) is 0 Å². The Balaban J connectivity index is 1.90. The number of ether oxygens (including phenoxy) is 1. The van der Waals surface area contributed by atoms with Crippen molar-refractivity contribution in [1.29, 1.82) is 0 Å². The maximum Gasteiger partial charge on any atom is 0.272 e. The first-order valence-electron chi connectivity index (χ1n) is 6.43. The van der Waals surface area contributed by atoms with E-state index in [2.05, 4.69) is 10.3 Å². The van der Waals surface area contributed by atoms with Crippen LogP contribution >= 0.6 is 0 Å². The summed E-state index contributed by atoms with van der Waals surface area (Å²) in [4.78, 5) is 15.7. The molecule has 0 saturated heterocycles. The summed E-state index contributed by atoms with van der Waals surface area (Å²) in [6.45, 7) is -0.850. The molecule has 0 fully saturated rings. The Kier molecular flexibility index (Phi) is 5.42. The molecule has 2 aromatic heterocycles. The molecule has 0 bridgehead atoms. The largest absolute Gasteiger partial charge is 0.472 e. The van der Waals surface area contributed by atoms with Gasteiger partial charge in [-0.15, -0.1) is 0 Å². The van der Waals surface area contributed by atoms with Crippen molar-refractivity contribution in [2.45, 2.75) is 12.5 Å². The molecular formula is C14H14F2N2O4. The van der Waals surface area contributed by atoms with E-state index < -0.39 is 25.0 Å². The maximum absolute atomic E-state index is 12.1. The summed E-state index contributed by atoms with van der Waals surface area (Å²) < 4.78 is 33.9. The highest BCUT2D eigenvalue weighted by Gasteiger charge is 2.14. The van der Waals surface area contributed by atoms with Gasteiger partial charge in [-0.05, 0) is 18.2 Å². The summed E-state index contributed by atoms with van der Waals surface area (Å²) in [5, 5.41) is 12.3. The van der Waals surface area contributed by atoms with Crippen molar-refractivity contribution in [2.75, 3.05) is 13.2 Å². The van der Waals surface area contributed by atoms with Crippen molar-refractivity contribution in [3.8, 4) is 5.88 Å². The minimum atomic E-state index is -2.62. The van der Waals surface area contributed by atoms with E-state index in [0.717, 1.165) is 0 Å². The molecule has 118 valence electrons. The van der Waals surface area contributed by atoms with Crippen molar-refractivity contribution in [2.24, 2.45) is 0 Å². The number of alkyl halides is 2. The fourth-order valence-corrected chi connectivity index (χ4v) is 1.65. The van der Waals surface area contributed by atoms with E-state index >= 15 is 0 Å². The number of furan rings is 1. The number of nitrogens with one attached hydrogen (secondary N) is 1. The van der Waals surface area contributed by atoms with E-state index in [-0.39, 0.29) is 18.0 Å². The van der Waals surface area contributed by atoms with Crippen molar-refractivity contribution in [3.63, 3.8) is 0 Å². The summed E-state index contributed by atoms with van der Waals surface area (Å²) in [5.74, 6) is -0.231. The van der Waals surface area contributed by atoms with E-state index in [4.69, 9.17) is 9.15 Å². The predicted octanol–water partition coefficient (Wildman–Crippen LogP) is 1.78. The van der Waals surface area contributed by atoms with Crippen LogP contribution in [-0.2, 0) is 0 Å². The van der Waals surface area contributed by atoms with E-state index in [9.17, 15) is 18.7 Å². The van der Waals surface area contributed by atoms with Gasteiger partial charge >= 0.3 is 0 Å². The average molecular weight is 312 g/mol. The molecule has 8 heteroatoms. The third kappa shape index (κ3) is 4.52. The number of pyridine rings is 1. The van der Waals surface area contributed by atoms with Crippen LogP contribution in [0.3, 0.4) is 0 Å². The minimum Gasteiger partial charge on any atom is -0.472 e. The Hall–Kier alpha value is -2.48. The molecule has 22 heavy (non-hydrogen) atoms. The van der Waals surface area contributed by atoms with Crippen LogP contribution in [0, 0.1) is 0 Å². The van der Waals surface area contributed by atoms with Gasteiger partial charge in [0.15, 0.2) is 6.61 Å². The third-order valence-corrected chi connectivity index (χ3v) is 2.68. The Morgan fingerprint density at radius 1 is 1.45 bits per heavy atom. The SMILES string of the molecule is O=C(NCC(O)c1ccco1)c1ccnc(OCC(F)F)c1. The van der Waals surface area contributed by atoms with Crippen molar-refractivity contribution in [3.05, 3.63) is 48.0 Å². The Labute approximate surface area is 124 Å². The van der Waals surface area contributed by atoms with Crippen LogP contribution in [0.4, 0.5) is 8.78 Å². The number of hydrogen-bond donors (Lipinski definition) is 2. The summed E-state index contributed by atoms with van der Waals surface area (Å²) in [6, 6.07) is 5.86. The molecule has 0 aliphatic heterocycles. The molecule has 0 radical (unpaired) electrons. The van der Waals surface area contributed by atoms with Gasteiger partial charge in [0.05, 0.1) is 12.8 Å². The van der Waals surface area contributed by atoms with Crippen LogP contribution in [0.1, 0.15) is 22.2 Å². The monoisotopic (exact) mass is 312 g/mol. The fourth-order valence-electron chi connectivity index (χ4n) is 1.65. The summed E-state index contributed by atoms with van der Waals surface area (Å²) in [5.41, 5.74) is 0.186. The molecule has 0 aliphatic carbocycles. The van der Waals surface area contributed by atoms with Gasteiger partial charge in [-0.3, -0.25) is 4.79 Å². The third-order valence-electron chi connectivity index (χ3n) is 2.68. The van der Waals surface area contributed by atoms with Gasteiger partial charge in [0.25, 0.3) is 12.3 Å². The van der Waals surface area contributed by atoms with Gasteiger partial charge in [-0.1, -0.05) is 0 Å². The van der Waals surface area contributed by atoms with Gasteiger partial charge in [0, 0.05) is 17.8 Å². The normalized spacial score (nSPS) is 12.2. The van der Waals surface area contributed by atoms with Crippen LogP contribution in [0.5, 0.6) is 5.88 Å². The number of carbonyl (C=O) groups excluding carboxylic acids is 1. The first-order valence-corrected chi connectivity index (χ1v) is 6.43. The standard InChI is InChI=1S/C14H14F2N2O4/c15-12(16)8-22-13-6-9(3-4-17-13)14(20)18-7-10(19)11-2-1-5-21-11/h1-6,10,12,19H,7-8H2,(H,18,20). The summed E-state index contributed by atoms with van der Waals surface area (Å²) in [6.07, 6.45) is -0.910. The van der Waals surface area contributed by atoms with E-state index in [1.165, 1.54) is 24.6 Å². The van der Waals surface area contributed by atoms with Crippen molar-refractivity contribution < 1.29 is 27.8 Å². The molecule has 6 nitrogen and oxygen atoms in total. The molecule has 1 atom stereocenters. The molecule has 2 aromatic rings. The lowest BCUT2D eigenvalue weighted by Crippen LogP contribution is -2.28. The number of carbonyl (C=O) groups is 1. The second kappa shape index (κ2) is 7.51. The molecule has 1 unspecified atom stereocenters. The number of halogens is 2. The van der Waals surface area contributed by atoms with Crippen LogP contribution < -0.4 is 10.1 Å². The molecule has 0 spiro atoms. The first-order chi connectivity index (χ1) is 10.6. The Morgan fingerprint density at radius 2 is 2.27 bits per heavy atom. The molecule has 2 heterocycles. The zero-order valence-corrected chi connectivity index (χ0v) is 11.4. The number of amides is 1. The topological polar surface area (TPSA) is 84.6 Å². The smallest absolute Gasteiger partial charge is 0.272 e. The van der Waals surface area contributed by atoms with Crippen molar-refractivity contribution >= 4 is 5.91 Å². The second-order valence-electron chi connectivity index (χ2n) is 4.33. The van der Waals surface area contributed by atoms with Gasteiger partial charge in [0.2, 0.25) is 5.88 Å². The number of aliphatic hydroxyl groups excluding tert-OH is 1. The molecule has 2 N–H and O–H groups in total. The van der Waals surface area contributed by atoms with Crippen LogP contribution in [0.2, 0.25) is 0 Å². The Morgan fingerprint density at radius 3 is 2.95 bits per heavy atom. The van der Waals surface area contributed by atoms with Gasteiger partial charge in [-0.2, -0.15) is 0 Å². The second-order valence-corrected chi connectivity index (χ2v) is 4.33. The van der Waals surface area contributed by atoms with Crippen molar-refractivity contribution in [1.82, 2.24) is 10.3 Å². The number of aliphatic hydroxyl groups is 1. The number of aromatic nitrogens is 1. The molecule has 2 rings (SSSR count). The van der Waals surface area contributed by atoms with Gasteiger partial charge in [-0.25, -0.2) is 13.8 Å². The summed E-state index contributed by atoms with van der Waals surface area (Å²) >= 11 is 0. The lowest BCUT2D eigenvalue weighted by molar-refractivity contribution is 0.0794. The van der Waals surface area contributed by atoms with Crippen LogP contribution in [-0.4, -0.2) is 35.6 Å². The number of hydrogen-bond acceptors (Lipinski definition) is 5. The van der Waals surface area contributed by atoms with E-state index in [1.807, 2.05) is 0 Å². The molecule has 0 aromatic carbocycles. The highest BCUT2D eigenvalue weighted by atomic mass is 19.3. The minimum absolute atomic E-state index is 0.0537. The lowest BCUT2D eigenvalue weighted by Gasteiger charge is -2.10. The highest BCUT2D eigenvalue weighted by molar-refractivity contribution is 5.94. The summed E-state index contributed by atoms with van der Waals surface area (Å²) in [7, 11) is 0. The molecule has 0 aliphatic rings. The fraction of sp³-hybridized carbons (Fsp3) is 0.286. The zero-order chi connectivity index (χ0) is 15.9. The van der Waals surface area contributed by atoms with E-state index in [0.29, 0.717) is 5.76 Å². The van der Waals surface area contributed by atoms with Crippen LogP contribution in [0.15, 0.2) is 41.1 Å². The highest BCUT2D eigenvalue weighted by Crippen LogP contribution is 2.13. The predicted molar refractivity (Wildman–Crippen MR) is 71.7 cm³/mol.